The van der Waals surface area contributed by atoms with E-state index in [1.165, 1.54) is 0 Å². The van der Waals surface area contributed by atoms with Crippen molar-refractivity contribution in [2.24, 2.45) is 0 Å². The molecule has 1 amide bonds. The normalized spacial score (nSPS) is 19.0. The number of nitriles is 1. The molecule has 3 N–H and O–H groups in total. The first-order valence-electron chi connectivity index (χ1n) is 6.67. The summed E-state index contributed by atoms with van der Waals surface area (Å²) in [6.45, 7) is 2.35. The third-order valence-electron chi connectivity index (χ3n) is 3.24. The van der Waals surface area contributed by atoms with Crippen molar-refractivity contribution in [3.8, 4) is 6.07 Å². The van der Waals surface area contributed by atoms with Crippen LogP contribution < -0.4 is 11.1 Å². The topological polar surface area (TPSA) is 91.4 Å². The Hall–Kier alpha value is -1.81. The van der Waals surface area contributed by atoms with Gasteiger partial charge in [0.15, 0.2) is 6.10 Å². The summed E-state index contributed by atoms with van der Waals surface area (Å²) in [6, 6.07) is 7.02. The van der Waals surface area contributed by atoms with Gasteiger partial charge in [0.1, 0.15) is 0 Å². The Kier molecular flexibility index (Phi) is 5.39. The fourth-order valence-electron chi connectivity index (χ4n) is 2.09. The number of carbonyl (C=O) groups excluding carboxylic acids is 1. The van der Waals surface area contributed by atoms with Gasteiger partial charge in [-0.1, -0.05) is 11.6 Å². The summed E-state index contributed by atoms with van der Waals surface area (Å²) in [5, 5.41) is 12.1. The van der Waals surface area contributed by atoms with Crippen molar-refractivity contribution in [3.63, 3.8) is 0 Å². The van der Waals surface area contributed by atoms with E-state index in [1.807, 2.05) is 4.90 Å². The van der Waals surface area contributed by atoms with Gasteiger partial charge in [-0.05, 0) is 18.2 Å². The van der Waals surface area contributed by atoms with Crippen LogP contribution in [0.5, 0.6) is 0 Å². The number of nitrogens with zero attached hydrogens (tertiary/aromatic N) is 2. The van der Waals surface area contributed by atoms with E-state index in [9.17, 15) is 4.79 Å². The zero-order chi connectivity index (χ0) is 15.2. The third-order valence-corrected chi connectivity index (χ3v) is 3.47. The Morgan fingerprint density at radius 2 is 2.43 bits per heavy atom. The number of carbonyl (C=O) groups is 1. The molecule has 21 heavy (non-hydrogen) atoms. The van der Waals surface area contributed by atoms with Gasteiger partial charge in [-0.15, -0.1) is 0 Å². The molecule has 1 heterocycles. The highest BCUT2D eigenvalue weighted by molar-refractivity contribution is 6.31. The van der Waals surface area contributed by atoms with Crippen LogP contribution in [0.2, 0.25) is 5.02 Å². The molecule has 1 aliphatic heterocycles. The van der Waals surface area contributed by atoms with E-state index in [2.05, 4.69) is 11.4 Å². The van der Waals surface area contributed by atoms with Gasteiger partial charge in [-0.3, -0.25) is 9.69 Å². The van der Waals surface area contributed by atoms with Gasteiger partial charge in [0.25, 0.3) is 0 Å². The fraction of sp³-hybridized carbons (Fsp3) is 0.429. The Morgan fingerprint density at radius 3 is 3.19 bits per heavy atom. The van der Waals surface area contributed by atoms with Crippen LogP contribution in [0.25, 0.3) is 0 Å². The zero-order valence-corrected chi connectivity index (χ0v) is 12.3. The van der Waals surface area contributed by atoms with Gasteiger partial charge in [0, 0.05) is 31.1 Å². The Balaban J connectivity index is 1.82. The molecular formula is C14H17ClN4O2. The van der Waals surface area contributed by atoms with E-state index in [-0.39, 0.29) is 5.91 Å². The van der Waals surface area contributed by atoms with Crippen LogP contribution >= 0.6 is 11.6 Å². The molecule has 0 radical (unpaired) electrons. The minimum Gasteiger partial charge on any atom is -0.397 e. The number of hydrogen-bond acceptors (Lipinski definition) is 5. The minimum absolute atomic E-state index is 0.135. The number of benzene rings is 1. The Morgan fingerprint density at radius 1 is 1.62 bits per heavy atom. The van der Waals surface area contributed by atoms with Crippen molar-refractivity contribution in [1.29, 1.82) is 5.26 Å². The van der Waals surface area contributed by atoms with E-state index >= 15 is 0 Å². The Labute approximate surface area is 128 Å². The molecule has 0 spiro atoms. The van der Waals surface area contributed by atoms with E-state index in [0.717, 1.165) is 6.54 Å². The number of amides is 1. The number of ether oxygens (including phenoxy) is 1. The number of morpholine rings is 1. The summed E-state index contributed by atoms with van der Waals surface area (Å²) in [4.78, 5) is 14.0. The number of rotatable bonds is 4. The summed E-state index contributed by atoms with van der Waals surface area (Å²) in [5.74, 6) is -0.135. The third kappa shape index (κ3) is 4.60. The lowest BCUT2D eigenvalue weighted by Gasteiger charge is -2.29. The second kappa shape index (κ2) is 7.27. The SMILES string of the molecule is N#CC1CN(CCC(=O)Nc2cc(Cl)ccc2N)CCO1. The number of nitrogens with two attached hydrogens (primary N) is 1. The molecule has 0 aliphatic carbocycles. The molecule has 7 heteroatoms. The summed E-state index contributed by atoms with van der Waals surface area (Å²) in [7, 11) is 0. The second-order valence-electron chi connectivity index (χ2n) is 4.82. The minimum atomic E-state index is -0.412. The number of anilines is 2. The lowest BCUT2D eigenvalue weighted by atomic mass is 10.2. The first-order chi connectivity index (χ1) is 10.1. The summed E-state index contributed by atoms with van der Waals surface area (Å²) >= 11 is 5.87. The van der Waals surface area contributed by atoms with Crippen molar-refractivity contribution < 1.29 is 9.53 Å². The molecular weight excluding hydrogens is 292 g/mol. The average molecular weight is 309 g/mol. The smallest absolute Gasteiger partial charge is 0.225 e. The highest BCUT2D eigenvalue weighted by Crippen LogP contribution is 2.23. The van der Waals surface area contributed by atoms with Gasteiger partial charge in [0.05, 0.1) is 24.1 Å². The molecule has 2 rings (SSSR count). The van der Waals surface area contributed by atoms with Crippen molar-refractivity contribution in [3.05, 3.63) is 23.2 Å². The van der Waals surface area contributed by atoms with Crippen LogP contribution in [0.15, 0.2) is 18.2 Å². The van der Waals surface area contributed by atoms with Crippen LogP contribution in [0.4, 0.5) is 11.4 Å². The number of nitrogens with one attached hydrogen (secondary N) is 1. The van der Waals surface area contributed by atoms with Gasteiger partial charge in [-0.25, -0.2) is 0 Å². The molecule has 1 fully saturated rings. The highest BCUT2D eigenvalue weighted by atomic mass is 35.5. The molecule has 1 atom stereocenters. The maximum absolute atomic E-state index is 11.9. The molecule has 0 bridgehead atoms. The molecule has 0 saturated carbocycles. The average Bonchev–Trinajstić information content (AvgIpc) is 2.49. The zero-order valence-electron chi connectivity index (χ0n) is 11.5. The molecule has 1 unspecified atom stereocenters. The Bertz CT molecular complexity index is 558. The number of halogens is 1. The second-order valence-corrected chi connectivity index (χ2v) is 5.26. The van der Waals surface area contributed by atoms with Crippen molar-refractivity contribution in [2.45, 2.75) is 12.5 Å². The predicted octanol–water partition coefficient (Wildman–Crippen LogP) is 1.48. The van der Waals surface area contributed by atoms with Crippen molar-refractivity contribution in [1.82, 2.24) is 4.90 Å². The molecule has 6 nitrogen and oxygen atoms in total. The van der Waals surface area contributed by atoms with E-state index in [4.69, 9.17) is 27.3 Å². The fourth-order valence-corrected chi connectivity index (χ4v) is 2.26. The van der Waals surface area contributed by atoms with Gasteiger partial charge >= 0.3 is 0 Å². The quantitative estimate of drug-likeness (QED) is 0.822. The molecule has 1 aromatic rings. The van der Waals surface area contributed by atoms with Crippen molar-refractivity contribution in [2.75, 3.05) is 37.3 Å². The monoisotopic (exact) mass is 308 g/mol. The van der Waals surface area contributed by atoms with Crippen LogP contribution in [-0.4, -0.2) is 43.2 Å². The van der Waals surface area contributed by atoms with Crippen LogP contribution in [0.1, 0.15) is 6.42 Å². The molecule has 0 aromatic heterocycles. The molecule has 1 aromatic carbocycles. The lowest BCUT2D eigenvalue weighted by molar-refractivity contribution is -0.116. The first kappa shape index (κ1) is 15.6. The van der Waals surface area contributed by atoms with Crippen LogP contribution in [0.3, 0.4) is 0 Å². The van der Waals surface area contributed by atoms with Gasteiger partial charge in [-0.2, -0.15) is 5.26 Å². The lowest BCUT2D eigenvalue weighted by Crippen LogP contribution is -2.42. The van der Waals surface area contributed by atoms with Crippen molar-refractivity contribution >= 4 is 28.9 Å². The standard InChI is InChI=1S/C14H17ClN4O2/c15-10-1-2-12(17)13(7-10)18-14(20)3-4-19-5-6-21-11(8-16)9-19/h1-2,7,11H,3-6,9,17H2,(H,18,20). The first-order valence-corrected chi connectivity index (χ1v) is 7.04. The number of hydrogen-bond donors (Lipinski definition) is 2. The van der Waals surface area contributed by atoms with Gasteiger partial charge in [0.2, 0.25) is 5.91 Å². The van der Waals surface area contributed by atoms with E-state index < -0.39 is 6.10 Å². The maximum atomic E-state index is 11.9. The van der Waals surface area contributed by atoms with E-state index in [0.29, 0.717) is 42.5 Å². The largest absolute Gasteiger partial charge is 0.397 e. The highest BCUT2D eigenvalue weighted by Gasteiger charge is 2.20. The van der Waals surface area contributed by atoms with E-state index in [1.54, 1.807) is 18.2 Å². The summed E-state index contributed by atoms with van der Waals surface area (Å²) < 4.78 is 5.25. The molecule has 1 aliphatic rings. The van der Waals surface area contributed by atoms with Gasteiger partial charge < -0.3 is 15.8 Å². The molecule has 112 valence electrons. The summed E-state index contributed by atoms with van der Waals surface area (Å²) in [6.07, 6.45) is -0.0882. The van der Waals surface area contributed by atoms with Crippen LogP contribution in [-0.2, 0) is 9.53 Å². The maximum Gasteiger partial charge on any atom is 0.225 e. The molecule has 1 saturated heterocycles. The van der Waals surface area contributed by atoms with Crippen LogP contribution in [0, 0.1) is 11.3 Å². The predicted molar refractivity (Wildman–Crippen MR) is 80.9 cm³/mol. The summed E-state index contributed by atoms with van der Waals surface area (Å²) in [5.41, 5.74) is 6.77. The number of nitrogen functional groups attached to an aromatic ring is 1.